The highest BCUT2D eigenvalue weighted by Gasteiger charge is 2.18. The van der Waals surface area contributed by atoms with E-state index in [1.54, 1.807) is 11.8 Å². The van der Waals surface area contributed by atoms with Crippen molar-refractivity contribution in [1.82, 2.24) is 0 Å². The van der Waals surface area contributed by atoms with Gasteiger partial charge in [-0.05, 0) is 37.1 Å². The van der Waals surface area contributed by atoms with E-state index >= 15 is 0 Å². The highest BCUT2D eigenvalue weighted by Crippen LogP contribution is 2.30. The summed E-state index contributed by atoms with van der Waals surface area (Å²) in [5.74, 6) is 0.519. The molecule has 2 rings (SSSR count). The van der Waals surface area contributed by atoms with Crippen LogP contribution in [0.4, 0.5) is 11.4 Å². The van der Waals surface area contributed by atoms with Gasteiger partial charge in [-0.2, -0.15) is 0 Å². The molecule has 0 spiro atoms. The van der Waals surface area contributed by atoms with E-state index in [1.165, 1.54) is 0 Å². The molecule has 0 heterocycles. The molecule has 23 heavy (non-hydrogen) atoms. The Morgan fingerprint density at radius 1 is 0.957 bits per heavy atom. The molecule has 0 radical (unpaired) electrons. The van der Waals surface area contributed by atoms with Gasteiger partial charge in [-0.1, -0.05) is 74.2 Å². The van der Waals surface area contributed by atoms with Gasteiger partial charge in [0.25, 0.3) is 0 Å². The average molecular weight is 346 g/mol. The summed E-state index contributed by atoms with van der Waals surface area (Å²) in [4.78, 5) is 2.09. The molecule has 2 aromatic rings. The third-order valence-corrected chi connectivity index (χ3v) is 4.47. The Bertz CT molecular complexity index is 562. The van der Waals surface area contributed by atoms with Gasteiger partial charge in [-0.15, -0.1) is 0 Å². The number of thiocarbonyl (C=S) groups is 1. The van der Waals surface area contributed by atoms with Gasteiger partial charge in [0.2, 0.25) is 0 Å². The molecule has 0 saturated carbocycles. The number of para-hydroxylation sites is 2. The first kappa shape index (κ1) is 18.0. The molecule has 122 valence electrons. The lowest BCUT2D eigenvalue weighted by Crippen LogP contribution is -2.24. The molecule has 0 amide bonds. The molecule has 0 aliphatic heterocycles. The minimum Gasteiger partial charge on any atom is -0.367 e. The molecule has 0 aromatic heterocycles. The van der Waals surface area contributed by atoms with Crippen molar-refractivity contribution in [1.29, 1.82) is 0 Å². The number of hydrogen-bond acceptors (Lipinski definition) is 3. The molecule has 0 fully saturated rings. The summed E-state index contributed by atoms with van der Waals surface area (Å²) in [5.41, 5.74) is 2.15. The summed E-state index contributed by atoms with van der Waals surface area (Å²) in [5, 5.41) is 0. The minimum absolute atomic E-state index is 0.0276. The Morgan fingerprint density at radius 2 is 1.43 bits per heavy atom. The van der Waals surface area contributed by atoms with Crippen LogP contribution >= 0.6 is 24.0 Å². The minimum atomic E-state index is 0.0276. The van der Waals surface area contributed by atoms with Crippen molar-refractivity contribution in [3.8, 4) is 0 Å². The van der Waals surface area contributed by atoms with E-state index in [1.807, 2.05) is 43.3 Å². The van der Waals surface area contributed by atoms with Crippen LogP contribution in [0.2, 0.25) is 0 Å². The Morgan fingerprint density at radius 3 is 1.87 bits per heavy atom. The largest absolute Gasteiger partial charge is 0.367 e. The van der Waals surface area contributed by atoms with Crippen LogP contribution in [0.15, 0.2) is 60.7 Å². The summed E-state index contributed by atoms with van der Waals surface area (Å²) >= 11 is 7.28. The molecular formula is C19H23NOS2. The van der Waals surface area contributed by atoms with Crippen LogP contribution in [0.3, 0.4) is 0 Å². The maximum absolute atomic E-state index is 5.84. The Hall–Kier alpha value is -1.36. The predicted molar refractivity (Wildman–Crippen MR) is 105 cm³/mol. The van der Waals surface area contributed by atoms with Crippen molar-refractivity contribution in [3.05, 3.63) is 60.7 Å². The van der Waals surface area contributed by atoms with Crippen LogP contribution in [0.1, 0.15) is 20.8 Å². The highest BCUT2D eigenvalue weighted by atomic mass is 32.2. The van der Waals surface area contributed by atoms with Crippen LogP contribution in [-0.4, -0.2) is 16.4 Å². The molecule has 0 N–H and O–H groups in total. The number of thioether (sulfide) groups is 1. The number of ether oxygens (including phenoxy) is 1. The van der Waals surface area contributed by atoms with Crippen LogP contribution in [0.5, 0.6) is 0 Å². The molecular weight excluding hydrogens is 322 g/mol. The summed E-state index contributed by atoms with van der Waals surface area (Å²) in [7, 11) is 0. The van der Waals surface area contributed by atoms with E-state index in [0.29, 0.717) is 5.92 Å². The van der Waals surface area contributed by atoms with E-state index in [0.717, 1.165) is 22.3 Å². The van der Waals surface area contributed by atoms with E-state index in [2.05, 4.69) is 43.0 Å². The molecule has 0 bridgehead atoms. The molecule has 1 atom stereocenters. The molecule has 2 aromatic carbocycles. The smallest absolute Gasteiger partial charge is 0.147 e. The first-order chi connectivity index (χ1) is 11.1. The third kappa shape index (κ3) is 5.65. The van der Waals surface area contributed by atoms with Gasteiger partial charge in [-0.25, -0.2) is 0 Å². The van der Waals surface area contributed by atoms with Crippen LogP contribution in [0.25, 0.3) is 0 Å². The molecule has 0 aliphatic carbocycles. The molecule has 1 unspecified atom stereocenters. The first-order valence-electron chi connectivity index (χ1n) is 7.80. The van der Waals surface area contributed by atoms with Gasteiger partial charge in [-0.3, -0.25) is 4.90 Å². The Kier molecular flexibility index (Phi) is 7.09. The van der Waals surface area contributed by atoms with Crippen LogP contribution in [-0.2, 0) is 4.74 Å². The number of anilines is 2. The van der Waals surface area contributed by atoms with Crippen molar-refractivity contribution in [2.45, 2.75) is 26.2 Å². The number of rotatable bonds is 6. The zero-order valence-electron chi connectivity index (χ0n) is 13.8. The van der Waals surface area contributed by atoms with E-state index < -0.39 is 0 Å². The molecule has 0 saturated heterocycles. The van der Waals surface area contributed by atoms with Crippen LogP contribution in [0, 0.1) is 5.92 Å². The number of hydrogen-bond donors (Lipinski definition) is 0. The fourth-order valence-corrected chi connectivity index (χ4v) is 3.43. The van der Waals surface area contributed by atoms with Crippen molar-refractivity contribution in [2.24, 2.45) is 5.92 Å². The monoisotopic (exact) mass is 345 g/mol. The second kappa shape index (κ2) is 9.06. The molecule has 2 nitrogen and oxygen atoms in total. The summed E-state index contributed by atoms with van der Waals surface area (Å²) in [6.07, 6.45) is 0. The van der Waals surface area contributed by atoms with Gasteiger partial charge in [0, 0.05) is 11.4 Å². The molecule has 0 aliphatic rings. The summed E-state index contributed by atoms with van der Waals surface area (Å²) < 4.78 is 6.64. The second-order valence-corrected chi connectivity index (χ2v) is 7.62. The first-order valence-corrected chi connectivity index (χ1v) is 9.09. The van der Waals surface area contributed by atoms with Gasteiger partial charge in [0.15, 0.2) is 0 Å². The predicted octanol–water partition coefficient (Wildman–Crippen LogP) is 5.86. The lowest BCUT2D eigenvalue weighted by Gasteiger charge is -2.26. The van der Waals surface area contributed by atoms with Crippen molar-refractivity contribution < 1.29 is 4.74 Å². The normalized spacial score (nSPS) is 12.2. The fourth-order valence-electron chi connectivity index (χ4n) is 2.07. The number of benzene rings is 2. The molecule has 4 heteroatoms. The zero-order valence-corrected chi connectivity index (χ0v) is 15.4. The van der Waals surface area contributed by atoms with Crippen molar-refractivity contribution >= 4 is 39.7 Å². The van der Waals surface area contributed by atoms with Gasteiger partial charge in [0.05, 0.1) is 6.61 Å². The van der Waals surface area contributed by atoms with E-state index in [9.17, 15) is 0 Å². The Balaban J connectivity index is 2.16. The third-order valence-electron chi connectivity index (χ3n) is 3.14. The van der Waals surface area contributed by atoms with Gasteiger partial charge in [0.1, 0.15) is 9.76 Å². The highest BCUT2D eigenvalue weighted by molar-refractivity contribution is 8.23. The van der Waals surface area contributed by atoms with Crippen LogP contribution < -0.4 is 4.90 Å². The Labute approximate surface area is 148 Å². The van der Waals surface area contributed by atoms with Crippen molar-refractivity contribution in [3.63, 3.8) is 0 Å². The number of nitrogens with zero attached hydrogens (tertiary/aromatic N) is 1. The van der Waals surface area contributed by atoms with Gasteiger partial charge >= 0.3 is 0 Å². The second-order valence-electron chi connectivity index (χ2n) is 5.69. The van der Waals surface area contributed by atoms with E-state index in [4.69, 9.17) is 17.0 Å². The standard InChI is InChI=1S/C19H23NOS2/c1-15(2)14-21-16(3)23-19(22)20(17-10-6-4-7-11-17)18-12-8-5-9-13-18/h4-13,15-16H,14H2,1-3H3. The lowest BCUT2D eigenvalue weighted by molar-refractivity contribution is 0.101. The van der Waals surface area contributed by atoms with E-state index in [-0.39, 0.29) is 5.44 Å². The summed E-state index contributed by atoms with van der Waals surface area (Å²) in [6.45, 7) is 7.09. The SMILES string of the molecule is CC(C)COC(C)SC(=S)N(c1ccccc1)c1ccccc1. The fraction of sp³-hybridized carbons (Fsp3) is 0.316. The maximum Gasteiger partial charge on any atom is 0.147 e. The average Bonchev–Trinajstić information content (AvgIpc) is 2.55. The maximum atomic E-state index is 5.84. The lowest BCUT2D eigenvalue weighted by atomic mass is 10.2. The summed E-state index contributed by atoms with van der Waals surface area (Å²) in [6, 6.07) is 20.4. The topological polar surface area (TPSA) is 12.5 Å². The zero-order chi connectivity index (χ0) is 16.7. The van der Waals surface area contributed by atoms with Gasteiger partial charge < -0.3 is 4.74 Å². The van der Waals surface area contributed by atoms with Crippen molar-refractivity contribution in [2.75, 3.05) is 11.5 Å². The quantitative estimate of drug-likeness (QED) is 0.480.